The van der Waals surface area contributed by atoms with Gasteiger partial charge in [0, 0.05) is 16.9 Å². The van der Waals surface area contributed by atoms with Gasteiger partial charge < -0.3 is 5.73 Å². The summed E-state index contributed by atoms with van der Waals surface area (Å²) < 4.78 is 24.6. The number of hydrogen-bond donors (Lipinski definition) is 1. The first-order chi connectivity index (χ1) is 10.0. The molecule has 2 atom stereocenters. The molecule has 5 heteroatoms. The molecule has 3 nitrogen and oxygen atoms in total. The van der Waals surface area contributed by atoms with Crippen LogP contribution in [0.5, 0.6) is 0 Å². The molecule has 0 saturated heterocycles. The first kappa shape index (κ1) is 14.6. The summed E-state index contributed by atoms with van der Waals surface area (Å²) in [6.45, 7) is 0.384. The second-order valence-electron chi connectivity index (χ2n) is 5.32. The number of nitrogens with two attached hydrogens (primary N) is 1. The highest BCUT2D eigenvalue weighted by Crippen LogP contribution is 2.43. The fourth-order valence-electron chi connectivity index (χ4n) is 3.09. The van der Waals surface area contributed by atoms with Gasteiger partial charge in [0.2, 0.25) is 0 Å². The molecule has 2 unspecified atom stereocenters. The van der Waals surface area contributed by atoms with Crippen LogP contribution in [-0.4, -0.2) is 20.7 Å². The van der Waals surface area contributed by atoms with Crippen LogP contribution in [-0.2, 0) is 9.84 Å². The van der Waals surface area contributed by atoms with Gasteiger partial charge in [-0.1, -0.05) is 41.9 Å². The molecule has 0 spiro atoms. The van der Waals surface area contributed by atoms with Crippen LogP contribution in [0.1, 0.15) is 23.0 Å². The zero-order chi connectivity index (χ0) is 15.0. The van der Waals surface area contributed by atoms with Crippen LogP contribution >= 0.6 is 11.6 Å². The molecule has 0 aliphatic carbocycles. The van der Waals surface area contributed by atoms with Crippen LogP contribution in [0.4, 0.5) is 0 Å². The Bertz CT molecular complexity index is 773. The van der Waals surface area contributed by atoms with Crippen molar-refractivity contribution in [2.45, 2.75) is 16.7 Å². The Labute approximate surface area is 129 Å². The standard InChI is InChI=1S/C16H16ClNO2S/c17-12-5-3-4-11(8-12)14(9-18)15-10-21(19,20)16-7-2-1-6-13(15)16/h1-8,14-15H,9-10,18H2. The van der Waals surface area contributed by atoms with E-state index in [-0.39, 0.29) is 17.6 Å². The summed E-state index contributed by atoms with van der Waals surface area (Å²) >= 11 is 6.05. The minimum Gasteiger partial charge on any atom is -0.330 e. The summed E-state index contributed by atoms with van der Waals surface area (Å²) in [5, 5.41) is 0.639. The van der Waals surface area contributed by atoms with Crippen molar-refractivity contribution >= 4 is 21.4 Å². The van der Waals surface area contributed by atoms with Crippen LogP contribution in [0.3, 0.4) is 0 Å². The number of fused-ring (bicyclic) bond motifs is 1. The number of hydrogen-bond acceptors (Lipinski definition) is 3. The van der Waals surface area contributed by atoms with Gasteiger partial charge in [0.25, 0.3) is 0 Å². The van der Waals surface area contributed by atoms with E-state index in [2.05, 4.69) is 0 Å². The largest absolute Gasteiger partial charge is 0.330 e. The van der Waals surface area contributed by atoms with Crippen molar-refractivity contribution in [2.24, 2.45) is 5.73 Å². The van der Waals surface area contributed by atoms with Gasteiger partial charge in [-0.15, -0.1) is 0 Å². The van der Waals surface area contributed by atoms with Crippen molar-refractivity contribution < 1.29 is 8.42 Å². The van der Waals surface area contributed by atoms with Gasteiger partial charge in [-0.25, -0.2) is 8.42 Å². The van der Waals surface area contributed by atoms with Crippen molar-refractivity contribution in [1.82, 2.24) is 0 Å². The van der Waals surface area contributed by atoms with Gasteiger partial charge >= 0.3 is 0 Å². The monoisotopic (exact) mass is 321 g/mol. The van der Waals surface area contributed by atoms with E-state index in [0.717, 1.165) is 11.1 Å². The van der Waals surface area contributed by atoms with E-state index in [9.17, 15) is 8.42 Å². The van der Waals surface area contributed by atoms with Gasteiger partial charge in [-0.2, -0.15) is 0 Å². The molecule has 21 heavy (non-hydrogen) atoms. The lowest BCUT2D eigenvalue weighted by atomic mass is 9.83. The second kappa shape index (κ2) is 5.44. The Balaban J connectivity index is 2.08. The molecule has 1 aliphatic rings. The third-order valence-corrected chi connectivity index (χ3v) is 6.14. The van der Waals surface area contributed by atoms with Gasteiger partial charge in [-0.05, 0) is 35.9 Å². The molecule has 2 aromatic rings. The van der Waals surface area contributed by atoms with Crippen LogP contribution in [0.2, 0.25) is 5.02 Å². The third kappa shape index (κ3) is 2.59. The molecule has 110 valence electrons. The molecule has 0 amide bonds. The molecular formula is C16H16ClNO2S. The van der Waals surface area contributed by atoms with E-state index in [4.69, 9.17) is 17.3 Å². The summed E-state index contributed by atoms with van der Waals surface area (Å²) in [5.41, 5.74) is 7.80. The fraction of sp³-hybridized carbons (Fsp3) is 0.250. The highest BCUT2D eigenvalue weighted by Gasteiger charge is 2.38. The van der Waals surface area contributed by atoms with E-state index < -0.39 is 9.84 Å². The minimum atomic E-state index is -3.22. The van der Waals surface area contributed by atoms with E-state index in [0.29, 0.717) is 16.5 Å². The Hall–Kier alpha value is -1.36. The highest BCUT2D eigenvalue weighted by atomic mass is 35.5. The van der Waals surface area contributed by atoms with E-state index in [1.54, 1.807) is 18.2 Å². The first-order valence-corrected chi connectivity index (χ1v) is 8.83. The number of benzene rings is 2. The quantitative estimate of drug-likeness (QED) is 0.945. The second-order valence-corrected chi connectivity index (χ2v) is 7.76. The van der Waals surface area contributed by atoms with E-state index >= 15 is 0 Å². The molecular weight excluding hydrogens is 306 g/mol. The minimum absolute atomic E-state index is 0.0536. The Kier molecular flexibility index (Phi) is 3.78. The summed E-state index contributed by atoms with van der Waals surface area (Å²) in [4.78, 5) is 0.440. The number of sulfone groups is 1. The number of halogens is 1. The molecule has 2 N–H and O–H groups in total. The summed E-state index contributed by atoms with van der Waals surface area (Å²) in [5.74, 6) is -0.0578. The summed E-state index contributed by atoms with van der Waals surface area (Å²) in [7, 11) is -3.22. The van der Waals surface area contributed by atoms with Crippen LogP contribution < -0.4 is 5.73 Å². The van der Waals surface area contributed by atoms with E-state index in [1.807, 2.05) is 30.3 Å². The molecule has 0 radical (unpaired) electrons. The first-order valence-electron chi connectivity index (χ1n) is 6.80. The summed E-state index contributed by atoms with van der Waals surface area (Å²) in [6.07, 6.45) is 0. The average molecular weight is 322 g/mol. The summed E-state index contributed by atoms with van der Waals surface area (Å²) in [6, 6.07) is 14.7. The smallest absolute Gasteiger partial charge is 0.179 e. The highest BCUT2D eigenvalue weighted by molar-refractivity contribution is 7.91. The van der Waals surface area contributed by atoms with Crippen molar-refractivity contribution in [3.63, 3.8) is 0 Å². The zero-order valence-electron chi connectivity index (χ0n) is 11.4. The molecule has 2 aromatic carbocycles. The maximum absolute atomic E-state index is 12.3. The normalized spacial score (nSPS) is 21.0. The van der Waals surface area contributed by atoms with E-state index in [1.165, 1.54) is 0 Å². The molecule has 0 bridgehead atoms. The maximum Gasteiger partial charge on any atom is 0.179 e. The molecule has 0 saturated carbocycles. The van der Waals surface area contributed by atoms with Gasteiger partial charge in [-0.3, -0.25) is 0 Å². The van der Waals surface area contributed by atoms with Gasteiger partial charge in [0.05, 0.1) is 10.6 Å². The maximum atomic E-state index is 12.3. The van der Waals surface area contributed by atoms with Gasteiger partial charge in [0.1, 0.15) is 0 Å². The lowest BCUT2D eigenvalue weighted by Crippen LogP contribution is -2.21. The molecule has 3 rings (SSSR count). The van der Waals surface area contributed by atoms with Crippen molar-refractivity contribution in [2.75, 3.05) is 12.3 Å². The topological polar surface area (TPSA) is 60.2 Å². The van der Waals surface area contributed by atoms with Crippen molar-refractivity contribution in [3.8, 4) is 0 Å². The fourth-order valence-corrected chi connectivity index (χ4v) is 5.22. The lowest BCUT2D eigenvalue weighted by Gasteiger charge is -2.22. The van der Waals surface area contributed by atoms with Crippen LogP contribution in [0.25, 0.3) is 0 Å². The molecule has 0 fully saturated rings. The average Bonchev–Trinajstić information content (AvgIpc) is 2.73. The Morgan fingerprint density at radius 1 is 1.19 bits per heavy atom. The number of rotatable bonds is 3. The third-order valence-electron chi connectivity index (χ3n) is 4.07. The van der Waals surface area contributed by atoms with Crippen LogP contribution in [0.15, 0.2) is 53.4 Å². The van der Waals surface area contributed by atoms with Crippen LogP contribution in [0, 0.1) is 0 Å². The predicted octanol–water partition coefficient (Wildman–Crippen LogP) is 2.95. The van der Waals surface area contributed by atoms with Gasteiger partial charge in [0.15, 0.2) is 9.84 Å². The zero-order valence-corrected chi connectivity index (χ0v) is 12.9. The Morgan fingerprint density at radius 2 is 1.95 bits per heavy atom. The SMILES string of the molecule is NCC(c1cccc(Cl)c1)C1CS(=O)(=O)c2ccccc21. The molecule has 1 aliphatic heterocycles. The predicted molar refractivity (Wildman–Crippen MR) is 84.5 cm³/mol. The molecule has 0 aromatic heterocycles. The molecule has 1 heterocycles. The lowest BCUT2D eigenvalue weighted by molar-refractivity contribution is 0.573. The Morgan fingerprint density at radius 3 is 2.67 bits per heavy atom. The van der Waals surface area contributed by atoms with Crippen molar-refractivity contribution in [1.29, 1.82) is 0 Å². The van der Waals surface area contributed by atoms with Crippen molar-refractivity contribution in [3.05, 3.63) is 64.7 Å².